The predicted molar refractivity (Wildman–Crippen MR) is 137 cm³/mol. The fraction of sp³-hybridized carbons (Fsp3) is 0.0741. The highest BCUT2D eigenvalue weighted by molar-refractivity contribution is 7.80. The highest BCUT2D eigenvalue weighted by Gasteiger charge is 2.14. The summed E-state index contributed by atoms with van der Waals surface area (Å²) >= 11 is 5.35. The smallest absolute Gasteiger partial charge is 0.257 e. The summed E-state index contributed by atoms with van der Waals surface area (Å²) in [7, 11) is 0. The molecule has 1 amide bonds. The maximum Gasteiger partial charge on any atom is 0.257 e. The molecule has 162 valence electrons. The van der Waals surface area contributed by atoms with Crippen molar-refractivity contribution in [1.82, 2.24) is 10.3 Å². The first-order valence-electron chi connectivity index (χ1n) is 10.6. The number of oxazole rings is 1. The molecule has 0 saturated carbocycles. The Hall–Kier alpha value is -4.03. The van der Waals surface area contributed by atoms with Crippen molar-refractivity contribution in [2.45, 2.75) is 13.8 Å². The van der Waals surface area contributed by atoms with Gasteiger partial charge >= 0.3 is 0 Å². The van der Waals surface area contributed by atoms with Crippen LogP contribution in [-0.2, 0) is 0 Å². The molecule has 5 rings (SSSR count). The summed E-state index contributed by atoms with van der Waals surface area (Å²) in [5.74, 6) is 0.315. The number of anilines is 1. The third kappa shape index (κ3) is 4.21. The van der Waals surface area contributed by atoms with Crippen LogP contribution < -0.4 is 10.6 Å². The van der Waals surface area contributed by atoms with E-state index in [1.165, 1.54) is 0 Å². The van der Waals surface area contributed by atoms with Crippen molar-refractivity contribution in [3.8, 4) is 11.5 Å². The van der Waals surface area contributed by atoms with E-state index >= 15 is 0 Å². The molecule has 0 spiro atoms. The normalized spacial score (nSPS) is 11.0. The molecule has 0 unspecified atom stereocenters. The van der Waals surface area contributed by atoms with E-state index < -0.39 is 0 Å². The number of amides is 1. The van der Waals surface area contributed by atoms with Crippen molar-refractivity contribution in [2.24, 2.45) is 0 Å². The molecular weight excluding hydrogens is 430 g/mol. The number of benzene rings is 4. The third-order valence-electron chi connectivity index (χ3n) is 5.52. The van der Waals surface area contributed by atoms with Crippen LogP contribution >= 0.6 is 12.2 Å². The van der Waals surface area contributed by atoms with Crippen LogP contribution in [0.5, 0.6) is 0 Å². The van der Waals surface area contributed by atoms with E-state index in [0.717, 1.165) is 27.5 Å². The minimum absolute atomic E-state index is 0.220. The van der Waals surface area contributed by atoms with E-state index in [4.69, 9.17) is 21.6 Å². The second-order valence-corrected chi connectivity index (χ2v) is 8.36. The number of carbonyl (C=O) groups is 1. The molecule has 0 radical (unpaired) electrons. The highest BCUT2D eigenvalue weighted by atomic mass is 32.1. The molecule has 6 heteroatoms. The Kier molecular flexibility index (Phi) is 5.36. The van der Waals surface area contributed by atoms with Crippen molar-refractivity contribution in [3.05, 3.63) is 95.6 Å². The Morgan fingerprint density at radius 2 is 1.76 bits per heavy atom. The standard InChI is InChI=1S/C27H21N3O2S/c1-16-10-12-20(17(2)14-16)25(31)30-27(33)28-19-11-13-24-23(15-19)29-26(32-24)22-9-5-7-18-6-3-4-8-21(18)22/h3-15H,1-2H3,(H2,28,30,31,33). The first-order chi connectivity index (χ1) is 16.0. The van der Waals surface area contributed by atoms with Crippen LogP contribution in [0, 0.1) is 13.8 Å². The maximum absolute atomic E-state index is 12.6. The van der Waals surface area contributed by atoms with Gasteiger partial charge in [0, 0.05) is 16.8 Å². The van der Waals surface area contributed by atoms with Gasteiger partial charge in [0.2, 0.25) is 5.89 Å². The second-order valence-electron chi connectivity index (χ2n) is 7.95. The fourth-order valence-corrected chi connectivity index (χ4v) is 4.14. The number of carbonyl (C=O) groups excluding carboxylic acids is 1. The Morgan fingerprint density at radius 1 is 0.939 bits per heavy atom. The average molecular weight is 452 g/mol. The van der Waals surface area contributed by atoms with Crippen LogP contribution in [0.15, 0.2) is 83.3 Å². The van der Waals surface area contributed by atoms with Crippen LogP contribution in [0.2, 0.25) is 0 Å². The SMILES string of the molecule is Cc1ccc(C(=O)NC(=S)Nc2ccc3oc(-c4cccc5ccccc45)nc3c2)c(C)c1. The number of fused-ring (bicyclic) bond motifs is 2. The Labute approximate surface area is 196 Å². The van der Waals surface area contributed by atoms with E-state index in [1.54, 1.807) is 6.07 Å². The number of thiocarbonyl (C=S) groups is 1. The van der Waals surface area contributed by atoms with Gasteiger partial charge in [-0.2, -0.15) is 0 Å². The highest BCUT2D eigenvalue weighted by Crippen LogP contribution is 2.31. The molecular formula is C27H21N3O2S. The largest absolute Gasteiger partial charge is 0.436 e. The van der Waals surface area contributed by atoms with E-state index in [2.05, 4.69) is 28.8 Å². The minimum atomic E-state index is -0.245. The molecule has 0 aliphatic rings. The van der Waals surface area contributed by atoms with Crippen molar-refractivity contribution in [3.63, 3.8) is 0 Å². The quantitative estimate of drug-likeness (QED) is 0.311. The van der Waals surface area contributed by atoms with Crippen molar-refractivity contribution in [2.75, 3.05) is 5.32 Å². The average Bonchev–Trinajstić information content (AvgIpc) is 3.21. The molecule has 0 aliphatic carbocycles. The summed E-state index contributed by atoms with van der Waals surface area (Å²) in [6.45, 7) is 3.90. The third-order valence-corrected chi connectivity index (χ3v) is 5.72. The summed E-state index contributed by atoms with van der Waals surface area (Å²) in [6.07, 6.45) is 0. The summed E-state index contributed by atoms with van der Waals surface area (Å²) in [5.41, 5.74) is 5.63. The van der Waals surface area contributed by atoms with Crippen LogP contribution in [0.3, 0.4) is 0 Å². The lowest BCUT2D eigenvalue weighted by molar-refractivity contribution is 0.0977. The van der Waals surface area contributed by atoms with Gasteiger partial charge in [-0.05, 0) is 72.7 Å². The number of hydrogen-bond acceptors (Lipinski definition) is 4. The van der Waals surface area contributed by atoms with Gasteiger partial charge in [-0.25, -0.2) is 4.98 Å². The maximum atomic E-state index is 12.6. The van der Waals surface area contributed by atoms with Crippen molar-refractivity contribution >= 4 is 50.8 Å². The lowest BCUT2D eigenvalue weighted by Crippen LogP contribution is -2.34. The van der Waals surface area contributed by atoms with E-state index in [1.807, 2.05) is 68.4 Å². The van der Waals surface area contributed by atoms with Gasteiger partial charge in [-0.3, -0.25) is 10.1 Å². The van der Waals surface area contributed by atoms with Gasteiger partial charge in [0.25, 0.3) is 5.91 Å². The van der Waals surface area contributed by atoms with Gasteiger partial charge < -0.3 is 9.73 Å². The fourth-order valence-electron chi connectivity index (χ4n) is 3.93. The van der Waals surface area contributed by atoms with Crippen LogP contribution in [0.25, 0.3) is 33.3 Å². The van der Waals surface area contributed by atoms with Gasteiger partial charge in [0.05, 0.1) is 0 Å². The number of aryl methyl sites for hydroxylation is 2. The molecule has 0 saturated heterocycles. The minimum Gasteiger partial charge on any atom is -0.436 e. The molecule has 33 heavy (non-hydrogen) atoms. The van der Waals surface area contributed by atoms with Crippen LogP contribution in [0.4, 0.5) is 5.69 Å². The number of rotatable bonds is 3. The topological polar surface area (TPSA) is 67.2 Å². The zero-order chi connectivity index (χ0) is 22.9. The summed E-state index contributed by atoms with van der Waals surface area (Å²) in [5, 5.41) is 8.24. The number of nitrogens with one attached hydrogen (secondary N) is 2. The number of hydrogen-bond donors (Lipinski definition) is 2. The lowest BCUT2D eigenvalue weighted by atomic mass is 10.0. The van der Waals surface area contributed by atoms with E-state index in [9.17, 15) is 4.79 Å². The Balaban J connectivity index is 1.36. The molecule has 0 atom stereocenters. The summed E-state index contributed by atoms with van der Waals surface area (Å²) in [6, 6.07) is 25.4. The molecule has 0 fully saturated rings. The number of nitrogens with zero attached hydrogens (tertiary/aromatic N) is 1. The zero-order valence-electron chi connectivity index (χ0n) is 18.2. The molecule has 0 aliphatic heterocycles. The zero-order valence-corrected chi connectivity index (χ0v) is 19.0. The molecule has 1 heterocycles. The van der Waals surface area contributed by atoms with Crippen molar-refractivity contribution < 1.29 is 9.21 Å². The molecule has 4 aromatic carbocycles. The van der Waals surface area contributed by atoms with Gasteiger partial charge in [0.15, 0.2) is 10.7 Å². The first kappa shape index (κ1) is 20.8. The Morgan fingerprint density at radius 3 is 2.61 bits per heavy atom. The second kappa shape index (κ2) is 8.48. The lowest BCUT2D eigenvalue weighted by Gasteiger charge is -2.11. The van der Waals surface area contributed by atoms with Gasteiger partial charge in [-0.15, -0.1) is 0 Å². The monoisotopic (exact) mass is 451 g/mol. The molecule has 0 bridgehead atoms. The predicted octanol–water partition coefficient (Wildman–Crippen LogP) is 6.39. The van der Waals surface area contributed by atoms with Gasteiger partial charge in [0.1, 0.15) is 5.52 Å². The first-order valence-corrected chi connectivity index (χ1v) is 11.0. The molecule has 5 nitrogen and oxygen atoms in total. The van der Waals surface area contributed by atoms with Crippen LogP contribution in [-0.4, -0.2) is 16.0 Å². The summed E-state index contributed by atoms with van der Waals surface area (Å²) < 4.78 is 6.03. The van der Waals surface area contributed by atoms with E-state index in [0.29, 0.717) is 28.2 Å². The molecule has 5 aromatic rings. The van der Waals surface area contributed by atoms with Crippen LogP contribution in [0.1, 0.15) is 21.5 Å². The molecule has 2 N–H and O–H groups in total. The van der Waals surface area contributed by atoms with Gasteiger partial charge in [-0.1, -0.05) is 54.1 Å². The molecule has 1 aromatic heterocycles. The number of aromatic nitrogens is 1. The summed E-state index contributed by atoms with van der Waals surface area (Å²) in [4.78, 5) is 17.3. The van der Waals surface area contributed by atoms with Crippen molar-refractivity contribution in [1.29, 1.82) is 0 Å². The van der Waals surface area contributed by atoms with E-state index in [-0.39, 0.29) is 11.0 Å². The Bertz CT molecular complexity index is 1530.